The molecule has 1 aliphatic rings. The van der Waals surface area contributed by atoms with Gasteiger partial charge in [-0.05, 0) is 73.6 Å². The van der Waals surface area contributed by atoms with E-state index in [1.165, 1.54) is 42.4 Å². The van der Waals surface area contributed by atoms with Gasteiger partial charge >= 0.3 is 7.12 Å². The van der Waals surface area contributed by atoms with Gasteiger partial charge in [-0.25, -0.2) is 0 Å². The van der Waals surface area contributed by atoms with E-state index in [0.29, 0.717) is 0 Å². The maximum atomic E-state index is 6.28. The molecule has 0 atom stereocenters. The molecule has 5 aromatic rings. The zero-order valence-electron chi connectivity index (χ0n) is 20.0. The molecule has 1 aliphatic heterocycles. The van der Waals surface area contributed by atoms with Gasteiger partial charge in [0, 0.05) is 20.2 Å². The molecule has 0 saturated carbocycles. The van der Waals surface area contributed by atoms with Gasteiger partial charge < -0.3 is 9.31 Å². The fraction of sp³-hybridized carbons (Fsp3) is 0.200. The molecular formula is C30H27BO2S. The Morgan fingerprint density at radius 3 is 1.97 bits per heavy atom. The van der Waals surface area contributed by atoms with Crippen LogP contribution in [-0.2, 0) is 9.31 Å². The minimum absolute atomic E-state index is 0.345. The molecule has 2 heterocycles. The number of rotatable bonds is 3. The topological polar surface area (TPSA) is 18.5 Å². The van der Waals surface area contributed by atoms with Crippen LogP contribution in [0.1, 0.15) is 27.7 Å². The van der Waals surface area contributed by atoms with Crippen LogP contribution in [0.4, 0.5) is 0 Å². The monoisotopic (exact) mass is 462 g/mol. The first-order valence-corrected chi connectivity index (χ1v) is 12.6. The lowest BCUT2D eigenvalue weighted by atomic mass is 9.78. The molecular weight excluding hydrogens is 435 g/mol. The highest BCUT2D eigenvalue weighted by atomic mass is 32.1. The van der Waals surface area contributed by atoms with Crippen LogP contribution in [0, 0.1) is 0 Å². The molecule has 6 rings (SSSR count). The van der Waals surface area contributed by atoms with Crippen molar-refractivity contribution in [2.45, 2.75) is 38.9 Å². The minimum atomic E-state index is -0.352. The predicted octanol–water partition coefficient (Wildman–Crippen LogP) is 7.69. The van der Waals surface area contributed by atoms with E-state index < -0.39 is 0 Å². The second-order valence-electron chi connectivity index (χ2n) is 10.1. The first kappa shape index (κ1) is 21.6. The van der Waals surface area contributed by atoms with Gasteiger partial charge in [0.25, 0.3) is 0 Å². The first-order valence-electron chi connectivity index (χ1n) is 11.8. The van der Waals surface area contributed by atoms with Crippen molar-refractivity contribution in [3.05, 3.63) is 91.0 Å². The normalized spacial score (nSPS) is 17.0. The van der Waals surface area contributed by atoms with E-state index in [9.17, 15) is 0 Å². The summed E-state index contributed by atoms with van der Waals surface area (Å²) in [5, 5.41) is 2.63. The molecule has 34 heavy (non-hydrogen) atoms. The molecule has 1 aromatic heterocycles. The molecule has 1 fully saturated rings. The summed E-state index contributed by atoms with van der Waals surface area (Å²) in [6.07, 6.45) is 0. The van der Waals surface area contributed by atoms with Crippen molar-refractivity contribution < 1.29 is 9.31 Å². The summed E-state index contributed by atoms with van der Waals surface area (Å²) in [4.78, 5) is 0. The number of hydrogen-bond donors (Lipinski definition) is 0. The second kappa shape index (κ2) is 7.81. The molecule has 1 saturated heterocycles. The van der Waals surface area contributed by atoms with Crippen molar-refractivity contribution >= 4 is 44.1 Å². The van der Waals surface area contributed by atoms with Gasteiger partial charge in [-0.15, -0.1) is 11.3 Å². The maximum Gasteiger partial charge on any atom is 0.494 e. The van der Waals surface area contributed by atoms with E-state index in [2.05, 4.69) is 119 Å². The molecule has 168 valence electrons. The smallest absolute Gasteiger partial charge is 0.399 e. The number of thiophene rings is 1. The summed E-state index contributed by atoms with van der Waals surface area (Å²) >= 11 is 1.85. The largest absolute Gasteiger partial charge is 0.494 e. The fourth-order valence-corrected chi connectivity index (χ4v) is 5.74. The molecule has 4 heteroatoms. The second-order valence-corrected chi connectivity index (χ2v) is 11.2. The summed E-state index contributed by atoms with van der Waals surface area (Å²) in [6, 6.07) is 32.7. The Balaban J connectivity index is 1.37. The lowest BCUT2D eigenvalue weighted by Gasteiger charge is -2.32. The summed E-state index contributed by atoms with van der Waals surface area (Å²) in [7, 11) is -0.352. The Bertz CT molecular complexity index is 1500. The highest BCUT2D eigenvalue weighted by Gasteiger charge is 2.51. The van der Waals surface area contributed by atoms with Crippen molar-refractivity contribution in [2.24, 2.45) is 0 Å². The maximum absolute atomic E-state index is 6.28. The van der Waals surface area contributed by atoms with Crippen LogP contribution in [0.3, 0.4) is 0 Å². The average molecular weight is 462 g/mol. The predicted molar refractivity (Wildman–Crippen MR) is 146 cm³/mol. The summed E-state index contributed by atoms with van der Waals surface area (Å²) in [5.41, 5.74) is 5.26. The Kier molecular flexibility index (Phi) is 4.96. The fourth-order valence-electron chi connectivity index (χ4n) is 4.61. The molecule has 0 bridgehead atoms. The zero-order chi connectivity index (χ0) is 23.5. The van der Waals surface area contributed by atoms with Gasteiger partial charge in [-0.2, -0.15) is 0 Å². The number of benzene rings is 4. The van der Waals surface area contributed by atoms with Gasteiger partial charge in [-0.1, -0.05) is 72.8 Å². The molecule has 0 N–H and O–H groups in total. The molecule has 0 spiro atoms. The minimum Gasteiger partial charge on any atom is -0.399 e. The van der Waals surface area contributed by atoms with Crippen molar-refractivity contribution in [3.63, 3.8) is 0 Å². The Morgan fingerprint density at radius 1 is 0.559 bits per heavy atom. The van der Waals surface area contributed by atoms with Crippen LogP contribution in [0.2, 0.25) is 0 Å². The van der Waals surface area contributed by atoms with E-state index in [-0.39, 0.29) is 18.3 Å². The van der Waals surface area contributed by atoms with Gasteiger partial charge in [0.15, 0.2) is 0 Å². The van der Waals surface area contributed by atoms with Crippen molar-refractivity contribution in [1.82, 2.24) is 0 Å². The molecule has 4 aromatic carbocycles. The highest BCUT2D eigenvalue weighted by Crippen LogP contribution is 2.39. The van der Waals surface area contributed by atoms with E-state index in [1.807, 2.05) is 11.3 Å². The molecule has 0 radical (unpaired) electrons. The van der Waals surface area contributed by atoms with Crippen molar-refractivity contribution in [3.8, 4) is 22.3 Å². The van der Waals surface area contributed by atoms with Crippen LogP contribution in [-0.4, -0.2) is 18.3 Å². The summed E-state index contributed by atoms with van der Waals surface area (Å²) in [6.45, 7) is 8.37. The Hall–Kier alpha value is -2.92. The van der Waals surface area contributed by atoms with Gasteiger partial charge in [0.2, 0.25) is 0 Å². The van der Waals surface area contributed by atoms with E-state index in [4.69, 9.17) is 9.31 Å². The zero-order valence-corrected chi connectivity index (χ0v) is 20.8. The van der Waals surface area contributed by atoms with Gasteiger partial charge in [0.05, 0.1) is 11.2 Å². The van der Waals surface area contributed by atoms with Gasteiger partial charge in [0.1, 0.15) is 0 Å². The average Bonchev–Trinajstić information content (AvgIpc) is 3.31. The Labute approximate surface area is 205 Å². The van der Waals surface area contributed by atoms with Crippen LogP contribution in [0.25, 0.3) is 42.4 Å². The summed E-state index contributed by atoms with van der Waals surface area (Å²) in [5.74, 6) is 0. The molecule has 0 aliphatic carbocycles. The summed E-state index contributed by atoms with van der Waals surface area (Å²) < 4.78 is 15.2. The third-order valence-electron chi connectivity index (χ3n) is 7.32. The first-order chi connectivity index (χ1) is 16.3. The van der Waals surface area contributed by atoms with Crippen LogP contribution in [0.15, 0.2) is 91.0 Å². The lowest BCUT2D eigenvalue weighted by Crippen LogP contribution is -2.41. The van der Waals surface area contributed by atoms with Crippen LogP contribution < -0.4 is 5.46 Å². The highest BCUT2D eigenvalue weighted by molar-refractivity contribution is 7.25. The van der Waals surface area contributed by atoms with Gasteiger partial charge in [-0.3, -0.25) is 0 Å². The quantitative estimate of drug-likeness (QED) is 0.256. The van der Waals surface area contributed by atoms with Crippen LogP contribution in [0.5, 0.6) is 0 Å². The van der Waals surface area contributed by atoms with E-state index in [1.54, 1.807) is 0 Å². The molecule has 0 amide bonds. The van der Waals surface area contributed by atoms with E-state index >= 15 is 0 Å². The SMILES string of the molecule is CC1(C)OB(c2cccc(-c3ccc4c(c3)sc3ccc(-c5ccccc5)cc34)c2)OC1(C)C. The third-order valence-corrected chi connectivity index (χ3v) is 8.46. The molecule has 2 nitrogen and oxygen atoms in total. The molecule has 0 unspecified atom stereocenters. The lowest BCUT2D eigenvalue weighted by molar-refractivity contribution is 0.00578. The standard InChI is InChI=1S/C30H27BO2S/c1-29(2)30(3,4)33-31(32-29)24-12-8-11-21(17-24)23-13-15-25-26-18-22(20-9-6-5-7-10-20)14-16-27(26)34-28(25)19-23/h5-19H,1-4H3. The number of fused-ring (bicyclic) bond motifs is 3. The third kappa shape index (κ3) is 3.58. The Morgan fingerprint density at radius 2 is 1.21 bits per heavy atom. The van der Waals surface area contributed by atoms with Crippen molar-refractivity contribution in [1.29, 1.82) is 0 Å². The number of hydrogen-bond acceptors (Lipinski definition) is 3. The van der Waals surface area contributed by atoms with Crippen molar-refractivity contribution in [2.75, 3.05) is 0 Å². The van der Waals surface area contributed by atoms with E-state index in [0.717, 1.165) is 5.46 Å². The van der Waals surface area contributed by atoms with Crippen LogP contribution >= 0.6 is 11.3 Å².